The van der Waals surface area contributed by atoms with Crippen molar-refractivity contribution in [2.75, 3.05) is 7.11 Å². The highest BCUT2D eigenvalue weighted by Crippen LogP contribution is 2.28. The maximum Gasteiger partial charge on any atom is 0.322 e. The number of ether oxygens (including phenoxy) is 1. The lowest BCUT2D eigenvalue weighted by molar-refractivity contribution is -0.385. The maximum absolute atomic E-state index is 12.3. The number of carboxylic acids is 1. The van der Waals surface area contributed by atoms with Crippen LogP contribution in [0.4, 0.5) is 5.69 Å². The van der Waals surface area contributed by atoms with Crippen molar-refractivity contribution in [2.24, 2.45) is 5.92 Å². The molecule has 22 heavy (non-hydrogen) atoms. The Bertz CT molecular complexity index is 685. The van der Waals surface area contributed by atoms with Gasteiger partial charge in [0.1, 0.15) is 16.7 Å². The number of rotatable bonds is 7. The number of nitrogens with zero attached hydrogens (tertiary/aromatic N) is 1. The van der Waals surface area contributed by atoms with Gasteiger partial charge < -0.3 is 9.84 Å². The van der Waals surface area contributed by atoms with Crippen LogP contribution in [0.15, 0.2) is 23.1 Å². The van der Waals surface area contributed by atoms with Crippen LogP contribution in [0.25, 0.3) is 0 Å². The van der Waals surface area contributed by atoms with Gasteiger partial charge in [0.2, 0.25) is 10.0 Å². The summed E-state index contributed by atoms with van der Waals surface area (Å²) in [6, 6.07) is 1.63. The Balaban J connectivity index is 3.28. The van der Waals surface area contributed by atoms with Crippen molar-refractivity contribution >= 4 is 21.7 Å². The molecular formula is C12H16N2O7S. The summed E-state index contributed by atoms with van der Waals surface area (Å²) in [6.45, 7) is 3.10. The molecule has 0 aliphatic heterocycles. The van der Waals surface area contributed by atoms with Gasteiger partial charge in [0, 0.05) is 6.07 Å². The minimum absolute atomic E-state index is 0.241. The van der Waals surface area contributed by atoms with Gasteiger partial charge in [-0.25, -0.2) is 8.42 Å². The van der Waals surface area contributed by atoms with E-state index in [0.717, 1.165) is 25.3 Å². The summed E-state index contributed by atoms with van der Waals surface area (Å²) < 4.78 is 31.5. The zero-order valence-corrected chi connectivity index (χ0v) is 13.0. The van der Waals surface area contributed by atoms with Crippen LogP contribution in [0.3, 0.4) is 0 Å². The number of carboxylic acid groups (broad SMARTS) is 1. The molecule has 0 unspecified atom stereocenters. The third-order valence-corrected chi connectivity index (χ3v) is 4.34. The highest BCUT2D eigenvalue weighted by molar-refractivity contribution is 7.89. The summed E-state index contributed by atoms with van der Waals surface area (Å²) in [5, 5.41) is 19.7. The van der Waals surface area contributed by atoms with E-state index in [1.165, 1.54) is 0 Å². The summed E-state index contributed by atoms with van der Waals surface area (Å²) in [5.74, 6) is -2.05. The standard InChI is InChI=1S/C12H16N2O7S/c1-7(2)11(12(15)16)13-22(19,20)10-5-4-8(14(17)18)6-9(10)21-3/h4-7,11,13H,1-3H3,(H,15,16)/t11-/m1/s1. The number of aliphatic carboxylic acids is 1. The van der Waals surface area contributed by atoms with Crippen LogP contribution in [0.5, 0.6) is 5.75 Å². The highest BCUT2D eigenvalue weighted by atomic mass is 32.2. The lowest BCUT2D eigenvalue weighted by Gasteiger charge is -2.18. The quantitative estimate of drug-likeness (QED) is 0.561. The fourth-order valence-corrected chi connectivity index (χ4v) is 3.18. The molecule has 0 aliphatic rings. The van der Waals surface area contributed by atoms with Crippen LogP contribution >= 0.6 is 0 Å². The van der Waals surface area contributed by atoms with E-state index < -0.39 is 32.9 Å². The van der Waals surface area contributed by atoms with Gasteiger partial charge in [0.15, 0.2) is 0 Å². The monoisotopic (exact) mass is 332 g/mol. The summed E-state index contributed by atoms with van der Waals surface area (Å²) >= 11 is 0. The van der Waals surface area contributed by atoms with Crippen LogP contribution in [-0.2, 0) is 14.8 Å². The van der Waals surface area contributed by atoms with Crippen molar-refractivity contribution in [1.29, 1.82) is 0 Å². The number of hydrogen-bond donors (Lipinski definition) is 2. The normalized spacial score (nSPS) is 12.9. The molecule has 1 rings (SSSR count). The molecule has 122 valence electrons. The second-order valence-corrected chi connectivity index (χ2v) is 6.46. The Morgan fingerprint density at radius 2 is 2.00 bits per heavy atom. The van der Waals surface area contributed by atoms with Crippen LogP contribution in [0.2, 0.25) is 0 Å². The fraction of sp³-hybridized carbons (Fsp3) is 0.417. The van der Waals surface area contributed by atoms with E-state index in [2.05, 4.69) is 4.72 Å². The van der Waals surface area contributed by atoms with Crippen molar-refractivity contribution in [1.82, 2.24) is 4.72 Å². The van der Waals surface area contributed by atoms with E-state index >= 15 is 0 Å². The number of sulfonamides is 1. The summed E-state index contributed by atoms with van der Waals surface area (Å²) in [7, 11) is -3.05. The Labute approximate surface area is 127 Å². The number of carbonyl (C=O) groups is 1. The molecule has 0 radical (unpaired) electrons. The lowest BCUT2D eigenvalue weighted by Crippen LogP contribution is -2.44. The molecule has 0 fully saturated rings. The van der Waals surface area contributed by atoms with Crippen molar-refractivity contribution < 1.29 is 28.0 Å². The summed E-state index contributed by atoms with van der Waals surface area (Å²) in [5.41, 5.74) is -0.338. The average molecular weight is 332 g/mol. The topological polar surface area (TPSA) is 136 Å². The van der Waals surface area contributed by atoms with E-state index in [4.69, 9.17) is 9.84 Å². The molecule has 10 heteroatoms. The Hall–Kier alpha value is -2.20. The number of benzene rings is 1. The second-order valence-electron chi connectivity index (χ2n) is 4.77. The molecule has 1 aromatic carbocycles. The first-order valence-electron chi connectivity index (χ1n) is 6.17. The molecule has 2 N–H and O–H groups in total. The Morgan fingerprint density at radius 3 is 2.41 bits per heavy atom. The number of nitro benzene ring substituents is 1. The first-order chi connectivity index (χ1) is 10.1. The van der Waals surface area contributed by atoms with Gasteiger partial charge in [-0.2, -0.15) is 4.72 Å². The zero-order valence-electron chi connectivity index (χ0n) is 12.1. The number of hydrogen-bond acceptors (Lipinski definition) is 6. The molecule has 0 spiro atoms. The first kappa shape index (κ1) is 17.9. The molecule has 0 amide bonds. The molecule has 0 saturated carbocycles. The van der Waals surface area contributed by atoms with E-state index in [1.807, 2.05) is 0 Å². The highest BCUT2D eigenvalue weighted by Gasteiger charge is 2.30. The Morgan fingerprint density at radius 1 is 1.41 bits per heavy atom. The number of methoxy groups -OCH3 is 1. The minimum Gasteiger partial charge on any atom is -0.495 e. The van der Waals surface area contributed by atoms with E-state index in [1.54, 1.807) is 13.8 Å². The molecule has 0 bridgehead atoms. The third kappa shape index (κ3) is 3.92. The predicted octanol–water partition coefficient (Wildman–Crippen LogP) is 0.991. The third-order valence-electron chi connectivity index (χ3n) is 2.86. The van der Waals surface area contributed by atoms with Gasteiger partial charge in [0.25, 0.3) is 5.69 Å². The van der Waals surface area contributed by atoms with Crippen molar-refractivity contribution in [3.8, 4) is 5.75 Å². The first-order valence-corrected chi connectivity index (χ1v) is 7.66. The van der Waals surface area contributed by atoms with E-state index in [-0.39, 0.29) is 16.3 Å². The predicted molar refractivity (Wildman–Crippen MR) is 76.2 cm³/mol. The van der Waals surface area contributed by atoms with Gasteiger partial charge in [-0.15, -0.1) is 0 Å². The van der Waals surface area contributed by atoms with Crippen LogP contribution < -0.4 is 9.46 Å². The SMILES string of the molecule is COc1cc([N+](=O)[O-])ccc1S(=O)(=O)N[C@@H](C(=O)O)C(C)C. The molecule has 0 aromatic heterocycles. The fourth-order valence-electron chi connectivity index (χ4n) is 1.69. The second kappa shape index (κ2) is 6.71. The number of nitro groups is 1. The van der Waals surface area contributed by atoms with Crippen LogP contribution in [0, 0.1) is 16.0 Å². The maximum atomic E-state index is 12.3. The molecule has 0 heterocycles. The molecular weight excluding hydrogens is 316 g/mol. The summed E-state index contributed by atoms with van der Waals surface area (Å²) in [4.78, 5) is 20.7. The largest absolute Gasteiger partial charge is 0.495 e. The van der Waals surface area contributed by atoms with Gasteiger partial charge in [-0.05, 0) is 12.0 Å². The molecule has 1 atom stereocenters. The van der Waals surface area contributed by atoms with Gasteiger partial charge in [0.05, 0.1) is 18.1 Å². The van der Waals surface area contributed by atoms with Crippen molar-refractivity contribution in [3.05, 3.63) is 28.3 Å². The molecule has 1 aromatic rings. The van der Waals surface area contributed by atoms with E-state index in [9.17, 15) is 23.3 Å². The van der Waals surface area contributed by atoms with Crippen LogP contribution in [-0.4, -0.2) is 37.6 Å². The number of non-ortho nitro benzene ring substituents is 1. The Kier molecular flexibility index (Phi) is 5.44. The molecule has 9 nitrogen and oxygen atoms in total. The molecule has 0 aliphatic carbocycles. The van der Waals surface area contributed by atoms with Crippen molar-refractivity contribution in [2.45, 2.75) is 24.8 Å². The van der Waals surface area contributed by atoms with Gasteiger partial charge in [-0.1, -0.05) is 13.8 Å². The molecule has 0 saturated heterocycles. The number of nitrogens with one attached hydrogen (secondary N) is 1. The van der Waals surface area contributed by atoms with Crippen molar-refractivity contribution in [3.63, 3.8) is 0 Å². The zero-order chi connectivity index (χ0) is 17.1. The average Bonchev–Trinajstić information content (AvgIpc) is 2.43. The van der Waals surface area contributed by atoms with Crippen LogP contribution in [0.1, 0.15) is 13.8 Å². The lowest BCUT2D eigenvalue weighted by atomic mass is 10.1. The van der Waals surface area contributed by atoms with Gasteiger partial charge >= 0.3 is 5.97 Å². The summed E-state index contributed by atoms with van der Waals surface area (Å²) in [6.07, 6.45) is 0. The minimum atomic E-state index is -4.21. The van der Waals surface area contributed by atoms with E-state index in [0.29, 0.717) is 0 Å². The van der Waals surface area contributed by atoms with Gasteiger partial charge in [-0.3, -0.25) is 14.9 Å². The smallest absolute Gasteiger partial charge is 0.322 e.